The molecule has 0 saturated carbocycles. The number of fused-ring (bicyclic) bond motifs is 1. The van der Waals surface area contributed by atoms with E-state index < -0.39 is 11.6 Å². The van der Waals surface area contributed by atoms with Crippen LogP contribution in [-0.2, 0) is 6.54 Å². The summed E-state index contributed by atoms with van der Waals surface area (Å²) in [5.74, 6) is -1.12. The zero-order valence-corrected chi connectivity index (χ0v) is 16.1. The van der Waals surface area contributed by atoms with E-state index in [0.717, 1.165) is 55.1 Å². The van der Waals surface area contributed by atoms with Crippen LogP contribution >= 0.6 is 0 Å². The van der Waals surface area contributed by atoms with Crippen LogP contribution < -0.4 is 4.74 Å². The molecule has 0 unspecified atom stereocenters. The molecule has 0 atom stereocenters. The van der Waals surface area contributed by atoms with E-state index in [1.54, 1.807) is 0 Å². The Morgan fingerprint density at radius 2 is 1.93 bits per heavy atom. The summed E-state index contributed by atoms with van der Waals surface area (Å²) in [6, 6.07) is 5.86. The van der Waals surface area contributed by atoms with Crippen LogP contribution in [-0.4, -0.2) is 38.9 Å². The van der Waals surface area contributed by atoms with E-state index in [-0.39, 0.29) is 17.9 Å². The van der Waals surface area contributed by atoms with Gasteiger partial charge in [-0.2, -0.15) is 5.10 Å². The normalized spacial score (nSPS) is 16.2. The Kier molecular flexibility index (Phi) is 5.26. The third-order valence-electron chi connectivity index (χ3n) is 5.11. The fourth-order valence-electron chi connectivity index (χ4n) is 3.64. The van der Waals surface area contributed by atoms with Gasteiger partial charge < -0.3 is 4.74 Å². The van der Waals surface area contributed by atoms with Crippen LogP contribution in [0.15, 0.2) is 36.7 Å². The molecule has 7 heteroatoms. The van der Waals surface area contributed by atoms with Gasteiger partial charge >= 0.3 is 0 Å². The van der Waals surface area contributed by atoms with E-state index in [0.29, 0.717) is 0 Å². The van der Waals surface area contributed by atoms with Crippen molar-refractivity contribution in [1.82, 2.24) is 19.7 Å². The standard InChI is InChI=1S/C21H24F2N4O/c1-14(2)27-21-16(12-25-27)9-15(11-24-21)13-26-7-5-18(6-8-26)28-20-4-3-17(22)10-19(20)23/h3-4,9-12,14,18H,5-8,13H2,1-2H3. The van der Waals surface area contributed by atoms with E-state index in [2.05, 4.69) is 34.9 Å². The molecule has 1 aliphatic heterocycles. The summed E-state index contributed by atoms with van der Waals surface area (Å²) < 4.78 is 34.4. The first-order chi connectivity index (χ1) is 13.5. The summed E-state index contributed by atoms with van der Waals surface area (Å²) in [7, 11) is 0. The van der Waals surface area contributed by atoms with Crippen molar-refractivity contribution < 1.29 is 13.5 Å². The zero-order chi connectivity index (χ0) is 19.7. The van der Waals surface area contributed by atoms with Crippen LogP contribution in [0, 0.1) is 11.6 Å². The Labute approximate surface area is 162 Å². The molecule has 4 rings (SSSR count). The largest absolute Gasteiger partial charge is 0.487 e. The number of rotatable bonds is 5. The van der Waals surface area contributed by atoms with Crippen molar-refractivity contribution in [1.29, 1.82) is 0 Å². The molecule has 0 N–H and O–H groups in total. The molecule has 3 heterocycles. The van der Waals surface area contributed by atoms with Gasteiger partial charge in [-0.3, -0.25) is 4.90 Å². The molecule has 5 nitrogen and oxygen atoms in total. The lowest BCUT2D eigenvalue weighted by Crippen LogP contribution is -2.37. The van der Waals surface area contributed by atoms with Crippen molar-refractivity contribution in [3.05, 3.63) is 53.9 Å². The van der Waals surface area contributed by atoms with E-state index in [4.69, 9.17) is 4.74 Å². The first-order valence-corrected chi connectivity index (χ1v) is 9.66. The molecule has 0 aliphatic carbocycles. The molecule has 0 bridgehead atoms. The molecule has 1 aliphatic rings. The van der Waals surface area contributed by atoms with Crippen LogP contribution in [0.1, 0.15) is 38.3 Å². The highest BCUT2D eigenvalue weighted by Crippen LogP contribution is 2.24. The number of hydrogen-bond donors (Lipinski definition) is 0. The average Bonchev–Trinajstić information content (AvgIpc) is 3.09. The third kappa shape index (κ3) is 3.99. The number of hydrogen-bond acceptors (Lipinski definition) is 4. The Morgan fingerprint density at radius 1 is 1.14 bits per heavy atom. The van der Waals surface area contributed by atoms with E-state index >= 15 is 0 Å². The summed E-state index contributed by atoms with van der Waals surface area (Å²) in [5.41, 5.74) is 2.06. The summed E-state index contributed by atoms with van der Waals surface area (Å²) in [6.45, 7) is 6.71. The van der Waals surface area contributed by atoms with Gasteiger partial charge in [0, 0.05) is 43.3 Å². The molecule has 1 aromatic carbocycles. The molecule has 0 spiro atoms. The molecule has 1 saturated heterocycles. The minimum atomic E-state index is -0.649. The van der Waals surface area contributed by atoms with Gasteiger partial charge in [-0.25, -0.2) is 18.4 Å². The fourth-order valence-corrected chi connectivity index (χ4v) is 3.64. The van der Waals surface area contributed by atoms with E-state index in [1.165, 1.54) is 12.1 Å². The Balaban J connectivity index is 1.34. The number of likely N-dealkylation sites (tertiary alicyclic amines) is 1. The van der Waals surface area contributed by atoms with Gasteiger partial charge in [0.25, 0.3) is 0 Å². The van der Waals surface area contributed by atoms with Gasteiger partial charge in [0.1, 0.15) is 11.9 Å². The summed E-state index contributed by atoms with van der Waals surface area (Å²) in [6.07, 6.45) is 5.33. The second-order valence-electron chi connectivity index (χ2n) is 7.61. The first-order valence-electron chi connectivity index (χ1n) is 9.66. The molecule has 2 aromatic heterocycles. The third-order valence-corrected chi connectivity index (χ3v) is 5.11. The number of pyridine rings is 1. The first kappa shape index (κ1) is 18.8. The van der Waals surface area contributed by atoms with Gasteiger partial charge in [0.2, 0.25) is 0 Å². The number of piperidine rings is 1. The molecule has 0 radical (unpaired) electrons. The number of nitrogens with zero attached hydrogens (tertiary/aromatic N) is 4. The maximum Gasteiger partial charge on any atom is 0.167 e. The lowest BCUT2D eigenvalue weighted by molar-refractivity contribution is 0.0934. The fraction of sp³-hybridized carbons (Fsp3) is 0.429. The lowest BCUT2D eigenvalue weighted by Gasteiger charge is -2.32. The second kappa shape index (κ2) is 7.83. The zero-order valence-electron chi connectivity index (χ0n) is 16.1. The Morgan fingerprint density at radius 3 is 2.64 bits per heavy atom. The van der Waals surface area contributed by atoms with Gasteiger partial charge in [-0.05, 0) is 50.5 Å². The predicted octanol–water partition coefficient (Wildman–Crippen LogP) is 4.33. The molecule has 3 aromatic rings. The van der Waals surface area contributed by atoms with Crippen molar-refractivity contribution in [2.24, 2.45) is 0 Å². The summed E-state index contributed by atoms with van der Waals surface area (Å²) in [4.78, 5) is 6.94. The number of benzene rings is 1. The van der Waals surface area contributed by atoms with Crippen molar-refractivity contribution in [3.8, 4) is 5.75 Å². The van der Waals surface area contributed by atoms with Crippen LogP contribution in [0.2, 0.25) is 0 Å². The minimum Gasteiger partial charge on any atom is -0.487 e. The highest BCUT2D eigenvalue weighted by molar-refractivity contribution is 5.75. The number of ether oxygens (including phenoxy) is 1. The van der Waals surface area contributed by atoms with Crippen molar-refractivity contribution in [2.75, 3.05) is 13.1 Å². The maximum absolute atomic E-state index is 13.8. The molecule has 28 heavy (non-hydrogen) atoms. The topological polar surface area (TPSA) is 43.2 Å². The van der Waals surface area contributed by atoms with E-state index in [1.807, 2.05) is 17.1 Å². The Bertz CT molecular complexity index is 964. The van der Waals surface area contributed by atoms with Crippen molar-refractivity contribution in [3.63, 3.8) is 0 Å². The highest BCUT2D eigenvalue weighted by atomic mass is 19.1. The quantitative estimate of drug-likeness (QED) is 0.655. The monoisotopic (exact) mass is 386 g/mol. The number of halogens is 2. The van der Waals surface area contributed by atoms with E-state index in [9.17, 15) is 8.78 Å². The SMILES string of the molecule is CC(C)n1ncc2cc(CN3CCC(Oc4ccc(F)cc4F)CC3)cnc21. The van der Waals surface area contributed by atoms with Crippen LogP contribution in [0.3, 0.4) is 0 Å². The highest BCUT2D eigenvalue weighted by Gasteiger charge is 2.22. The molecular weight excluding hydrogens is 362 g/mol. The molecule has 0 amide bonds. The summed E-state index contributed by atoms with van der Waals surface area (Å²) >= 11 is 0. The molecule has 1 fully saturated rings. The Hall–Kier alpha value is -2.54. The van der Waals surface area contributed by atoms with Gasteiger partial charge in [0.15, 0.2) is 17.2 Å². The number of aromatic nitrogens is 3. The average molecular weight is 386 g/mol. The van der Waals surface area contributed by atoms with Crippen molar-refractivity contribution in [2.45, 2.75) is 45.4 Å². The van der Waals surface area contributed by atoms with Crippen LogP contribution in [0.4, 0.5) is 8.78 Å². The van der Waals surface area contributed by atoms with Gasteiger partial charge in [-0.1, -0.05) is 0 Å². The summed E-state index contributed by atoms with van der Waals surface area (Å²) in [5, 5.41) is 5.47. The minimum absolute atomic E-state index is 0.0545. The van der Waals surface area contributed by atoms with Crippen molar-refractivity contribution >= 4 is 11.0 Å². The second-order valence-corrected chi connectivity index (χ2v) is 7.61. The van der Waals surface area contributed by atoms with Crippen LogP contribution in [0.5, 0.6) is 5.75 Å². The molecular formula is C21H24F2N4O. The molecule has 148 valence electrons. The maximum atomic E-state index is 13.8. The smallest absolute Gasteiger partial charge is 0.167 e. The predicted molar refractivity (Wildman–Crippen MR) is 103 cm³/mol. The lowest BCUT2D eigenvalue weighted by atomic mass is 10.1. The van der Waals surface area contributed by atoms with Gasteiger partial charge in [-0.15, -0.1) is 0 Å². The van der Waals surface area contributed by atoms with Crippen LogP contribution in [0.25, 0.3) is 11.0 Å². The van der Waals surface area contributed by atoms with Gasteiger partial charge in [0.05, 0.1) is 6.20 Å².